The maximum Gasteiger partial charge on any atom is 0.274 e. The highest BCUT2D eigenvalue weighted by Gasteiger charge is 2.26. The van der Waals surface area contributed by atoms with Gasteiger partial charge in [0.2, 0.25) is 0 Å². The second-order valence-corrected chi connectivity index (χ2v) is 7.26. The monoisotopic (exact) mass is 337 g/mol. The maximum absolute atomic E-state index is 13.3. The van der Waals surface area contributed by atoms with Gasteiger partial charge in [-0.1, -0.05) is 25.1 Å². The Morgan fingerprint density at radius 3 is 2.72 bits per heavy atom. The van der Waals surface area contributed by atoms with Gasteiger partial charge in [0.15, 0.2) is 0 Å². The van der Waals surface area contributed by atoms with Gasteiger partial charge in [-0.25, -0.2) is 0 Å². The molecular formula is C20H23N3O2. The molecule has 5 heteroatoms. The maximum atomic E-state index is 13.3. The van der Waals surface area contributed by atoms with Gasteiger partial charge in [0.25, 0.3) is 11.5 Å². The van der Waals surface area contributed by atoms with Gasteiger partial charge in [-0.2, -0.15) is 0 Å². The number of aryl methyl sites for hydroxylation is 2. The van der Waals surface area contributed by atoms with Crippen molar-refractivity contribution >= 4 is 27.7 Å². The Morgan fingerprint density at radius 1 is 1.20 bits per heavy atom. The number of carbonyl (C=O) groups excluding carboxylic acids is 1. The van der Waals surface area contributed by atoms with Crippen LogP contribution in [0.4, 0.5) is 0 Å². The molecule has 1 aliphatic heterocycles. The largest absolute Gasteiger partial charge is 0.339 e. The average molecular weight is 337 g/mol. The lowest BCUT2D eigenvalue weighted by Crippen LogP contribution is -2.39. The van der Waals surface area contributed by atoms with Crippen molar-refractivity contribution in [3.63, 3.8) is 0 Å². The fourth-order valence-corrected chi connectivity index (χ4v) is 4.11. The molecule has 1 atom stereocenters. The lowest BCUT2D eigenvalue weighted by molar-refractivity contribution is 0.0684. The molecule has 0 bridgehead atoms. The van der Waals surface area contributed by atoms with Crippen molar-refractivity contribution in [2.45, 2.75) is 19.8 Å². The van der Waals surface area contributed by atoms with Crippen molar-refractivity contribution in [3.8, 4) is 0 Å². The molecule has 3 heterocycles. The highest BCUT2D eigenvalue weighted by atomic mass is 16.2. The molecule has 1 saturated heterocycles. The summed E-state index contributed by atoms with van der Waals surface area (Å²) in [6.07, 6.45) is 3.91. The van der Waals surface area contributed by atoms with E-state index in [1.165, 1.54) is 11.0 Å². The predicted molar refractivity (Wildman–Crippen MR) is 100.0 cm³/mol. The van der Waals surface area contributed by atoms with Crippen LogP contribution in [0.5, 0.6) is 0 Å². The van der Waals surface area contributed by atoms with Crippen LogP contribution in [0.1, 0.15) is 30.1 Å². The number of fused-ring (bicyclic) bond motifs is 3. The number of amides is 1. The van der Waals surface area contributed by atoms with E-state index in [4.69, 9.17) is 0 Å². The van der Waals surface area contributed by atoms with E-state index in [2.05, 4.69) is 6.92 Å². The predicted octanol–water partition coefficient (Wildman–Crippen LogP) is 2.90. The Morgan fingerprint density at radius 2 is 1.96 bits per heavy atom. The number of hydrogen-bond donors (Lipinski definition) is 0. The number of piperidine rings is 1. The molecule has 0 N–H and O–H groups in total. The summed E-state index contributed by atoms with van der Waals surface area (Å²) in [6.45, 7) is 3.76. The number of nitrogens with zero attached hydrogens (tertiary/aromatic N) is 3. The molecule has 5 nitrogen and oxygen atoms in total. The third-order valence-corrected chi connectivity index (χ3v) is 5.40. The zero-order valence-electron chi connectivity index (χ0n) is 15.0. The van der Waals surface area contributed by atoms with Crippen LogP contribution in [0, 0.1) is 5.92 Å². The summed E-state index contributed by atoms with van der Waals surface area (Å²) in [4.78, 5) is 28.0. The number of rotatable bonds is 1. The quantitative estimate of drug-likeness (QED) is 0.685. The van der Waals surface area contributed by atoms with Gasteiger partial charge in [0.1, 0.15) is 5.52 Å². The van der Waals surface area contributed by atoms with Gasteiger partial charge in [-0.05, 0) is 24.8 Å². The first kappa shape index (κ1) is 15.9. The molecule has 0 radical (unpaired) electrons. The van der Waals surface area contributed by atoms with Crippen LogP contribution in [0.3, 0.4) is 0 Å². The van der Waals surface area contributed by atoms with Gasteiger partial charge in [0, 0.05) is 49.7 Å². The van der Waals surface area contributed by atoms with E-state index in [0.29, 0.717) is 17.0 Å². The minimum absolute atomic E-state index is 0.0310. The van der Waals surface area contributed by atoms with Crippen LogP contribution < -0.4 is 5.56 Å². The Kier molecular flexibility index (Phi) is 3.67. The van der Waals surface area contributed by atoms with Crippen molar-refractivity contribution in [2.24, 2.45) is 20.0 Å². The Bertz CT molecular complexity index is 1040. The third-order valence-electron chi connectivity index (χ3n) is 5.40. The van der Waals surface area contributed by atoms with Crippen LogP contribution >= 0.6 is 0 Å². The SMILES string of the molecule is C[C@H]1CCCN(C(=O)c2cn(C)c(=O)c3c2c2ccccc2n3C)C1. The number of aromatic nitrogens is 2. The normalized spacial score (nSPS) is 18.2. The Hall–Kier alpha value is -2.56. The number of carbonyl (C=O) groups is 1. The van der Waals surface area contributed by atoms with E-state index in [9.17, 15) is 9.59 Å². The van der Waals surface area contributed by atoms with Crippen molar-refractivity contribution < 1.29 is 4.79 Å². The summed E-state index contributed by atoms with van der Waals surface area (Å²) in [6, 6.07) is 7.90. The Labute approximate surface area is 146 Å². The molecule has 4 rings (SSSR count). The molecule has 1 fully saturated rings. The molecule has 25 heavy (non-hydrogen) atoms. The minimum Gasteiger partial charge on any atom is -0.339 e. The van der Waals surface area contributed by atoms with Gasteiger partial charge < -0.3 is 14.0 Å². The molecule has 1 aromatic carbocycles. The summed E-state index contributed by atoms with van der Waals surface area (Å²) in [7, 11) is 3.61. The third kappa shape index (κ3) is 2.37. The molecule has 3 aromatic rings. The molecule has 130 valence electrons. The first-order valence-electron chi connectivity index (χ1n) is 8.85. The van der Waals surface area contributed by atoms with Crippen LogP contribution in [0.15, 0.2) is 35.3 Å². The van der Waals surface area contributed by atoms with E-state index in [-0.39, 0.29) is 11.5 Å². The van der Waals surface area contributed by atoms with Crippen molar-refractivity contribution in [1.82, 2.24) is 14.0 Å². The van der Waals surface area contributed by atoms with Gasteiger partial charge in [-0.15, -0.1) is 0 Å². The smallest absolute Gasteiger partial charge is 0.274 e. The van der Waals surface area contributed by atoms with Gasteiger partial charge >= 0.3 is 0 Å². The molecule has 0 saturated carbocycles. The second-order valence-electron chi connectivity index (χ2n) is 7.26. The van der Waals surface area contributed by atoms with E-state index in [1.54, 1.807) is 13.2 Å². The molecule has 0 spiro atoms. The highest BCUT2D eigenvalue weighted by Crippen LogP contribution is 2.30. The molecular weight excluding hydrogens is 314 g/mol. The standard InChI is InChI=1S/C20H23N3O2/c1-13-7-6-10-23(11-13)19(24)15-12-21(2)20(25)18-17(15)14-8-4-5-9-16(14)22(18)3/h4-5,8-9,12-13H,6-7,10-11H2,1-3H3/t13-/m0/s1. The lowest BCUT2D eigenvalue weighted by Gasteiger charge is -2.31. The highest BCUT2D eigenvalue weighted by molar-refractivity contribution is 6.17. The number of benzene rings is 1. The lowest BCUT2D eigenvalue weighted by atomic mass is 9.99. The van der Waals surface area contributed by atoms with Crippen LogP contribution in [0.2, 0.25) is 0 Å². The summed E-state index contributed by atoms with van der Waals surface area (Å²) in [5, 5.41) is 1.75. The molecule has 2 aromatic heterocycles. The van der Waals surface area contributed by atoms with Gasteiger partial charge in [0.05, 0.1) is 5.56 Å². The average Bonchev–Trinajstić information content (AvgIpc) is 2.91. The summed E-state index contributed by atoms with van der Waals surface area (Å²) < 4.78 is 3.43. The molecule has 1 amide bonds. The van der Waals surface area contributed by atoms with Crippen molar-refractivity contribution in [1.29, 1.82) is 0 Å². The summed E-state index contributed by atoms with van der Waals surface area (Å²) >= 11 is 0. The first-order valence-corrected chi connectivity index (χ1v) is 8.85. The number of para-hydroxylation sites is 1. The second kappa shape index (κ2) is 5.76. The molecule has 0 unspecified atom stereocenters. The molecule has 0 aliphatic carbocycles. The zero-order valence-corrected chi connectivity index (χ0v) is 15.0. The van der Waals surface area contributed by atoms with E-state index in [0.717, 1.165) is 35.8 Å². The fraction of sp³-hybridized carbons (Fsp3) is 0.400. The van der Waals surface area contributed by atoms with Crippen molar-refractivity contribution in [3.05, 3.63) is 46.4 Å². The first-order chi connectivity index (χ1) is 12.0. The van der Waals surface area contributed by atoms with Crippen LogP contribution in [0.25, 0.3) is 21.8 Å². The Balaban J connectivity index is 2.01. The van der Waals surface area contributed by atoms with E-state index >= 15 is 0 Å². The van der Waals surface area contributed by atoms with Crippen LogP contribution in [-0.2, 0) is 14.1 Å². The van der Waals surface area contributed by atoms with E-state index in [1.807, 2.05) is 40.8 Å². The number of pyridine rings is 1. The fourth-order valence-electron chi connectivity index (χ4n) is 4.11. The van der Waals surface area contributed by atoms with Gasteiger partial charge in [-0.3, -0.25) is 9.59 Å². The van der Waals surface area contributed by atoms with Crippen LogP contribution in [-0.4, -0.2) is 33.0 Å². The van der Waals surface area contributed by atoms with E-state index < -0.39 is 0 Å². The number of hydrogen-bond acceptors (Lipinski definition) is 2. The summed E-state index contributed by atoms with van der Waals surface area (Å²) in [5.74, 6) is 0.553. The topological polar surface area (TPSA) is 47.2 Å². The minimum atomic E-state index is -0.0720. The molecule has 1 aliphatic rings. The van der Waals surface area contributed by atoms with Crippen molar-refractivity contribution in [2.75, 3.05) is 13.1 Å². The number of likely N-dealkylation sites (tertiary alicyclic amines) is 1. The zero-order chi connectivity index (χ0) is 17.7. The summed E-state index contributed by atoms with van der Waals surface area (Å²) in [5.41, 5.74) is 2.13.